The van der Waals surface area contributed by atoms with E-state index in [1.54, 1.807) is 0 Å². The van der Waals surface area contributed by atoms with Crippen molar-refractivity contribution in [1.82, 2.24) is 0 Å². The van der Waals surface area contributed by atoms with Crippen molar-refractivity contribution in [3.63, 3.8) is 0 Å². The van der Waals surface area contributed by atoms with Gasteiger partial charge in [0.05, 0.1) is 17.8 Å². The molecule has 1 aliphatic carbocycles. The summed E-state index contributed by atoms with van der Waals surface area (Å²) in [6.07, 6.45) is -3.70. The summed E-state index contributed by atoms with van der Waals surface area (Å²) in [5, 5.41) is 38.1. The average molecular weight is 234 g/mol. The minimum Gasteiger partial charge on any atom is -0.396 e. The first-order chi connectivity index (χ1) is 7.26. The van der Waals surface area contributed by atoms with Crippen LogP contribution in [0.4, 0.5) is 0 Å². The first-order valence-electron chi connectivity index (χ1n) is 5.59. The number of hydrogen-bond donors (Lipinski definition) is 4. The molecule has 5 unspecified atom stereocenters. The van der Waals surface area contributed by atoms with Crippen LogP contribution in [0.5, 0.6) is 0 Å². The van der Waals surface area contributed by atoms with Crippen LogP contribution in [0.15, 0.2) is 0 Å². The van der Waals surface area contributed by atoms with Crippen molar-refractivity contribution < 1.29 is 25.2 Å². The van der Waals surface area contributed by atoms with Crippen LogP contribution < -0.4 is 0 Å². The van der Waals surface area contributed by atoms with Crippen LogP contribution in [0.1, 0.15) is 27.2 Å². The van der Waals surface area contributed by atoms with Gasteiger partial charge in [0, 0.05) is 12.5 Å². The van der Waals surface area contributed by atoms with E-state index in [4.69, 9.17) is 9.84 Å². The van der Waals surface area contributed by atoms with E-state index in [1.807, 2.05) is 20.8 Å². The van der Waals surface area contributed by atoms with Crippen LogP contribution in [0.2, 0.25) is 0 Å². The summed E-state index contributed by atoms with van der Waals surface area (Å²) in [6.45, 7) is 5.33. The van der Waals surface area contributed by atoms with Gasteiger partial charge in [0.2, 0.25) is 0 Å². The number of hydrogen-bond acceptors (Lipinski definition) is 5. The third-order valence-electron chi connectivity index (χ3n) is 2.84. The molecule has 0 aliphatic heterocycles. The molecule has 5 heteroatoms. The lowest BCUT2D eigenvalue weighted by atomic mass is 9.81. The van der Waals surface area contributed by atoms with Crippen molar-refractivity contribution in [2.45, 2.75) is 57.2 Å². The van der Waals surface area contributed by atoms with Gasteiger partial charge in [-0.2, -0.15) is 0 Å². The molecule has 1 rings (SSSR count). The van der Waals surface area contributed by atoms with Gasteiger partial charge in [-0.15, -0.1) is 0 Å². The topological polar surface area (TPSA) is 90.2 Å². The van der Waals surface area contributed by atoms with Crippen molar-refractivity contribution in [3.8, 4) is 0 Å². The third-order valence-corrected chi connectivity index (χ3v) is 2.84. The van der Waals surface area contributed by atoms with E-state index in [2.05, 4.69) is 0 Å². The van der Waals surface area contributed by atoms with Crippen LogP contribution in [0, 0.1) is 5.92 Å². The predicted molar refractivity (Wildman–Crippen MR) is 57.8 cm³/mol. The van der Waals surface area contributed by atoms with Crippen molar-refractivity contribution in [2.24, 2.45) is 5.92 Å². The molecule has 1 saturated carbocycles. The number of aliphatic hydroxyl groups excluding tert-OH is 4. The molecule has 5 atom stereocenters. The van der Waals surface area contributed by atoms with Gasteiger partial charge in [-0.05, 0) is 27.2 Å². The summed E-state index contributed by atoms with van der Waals surface area (Å²) in [6, 6.07) is 0. The fraction of sp³-hybridized carbons (Fsp3) is 1.00. The van der Waals surface area contributed by atoms with Crippen molar-refractivity contribution in [3.05, 3.63) is 0 Å². The van der Waals surface area contributed by atoms with Crippen LogP contribution in [-0.2, 0) is 4.74 Å². The maximum atomic E-state index is 9.77. The summed E-state index contributed by atoms with van der Waals surface area (Å²) in [7, 11) is 0. The number of rotatable bonds is 2. The molecule has 0 radical (unpaired) electrons. The van der Waals surface area contributed by atoms with Crippen LogP contribution >= 0.6 is 0 Å². The van der Waals surface area contributed by atoms with Crippen molar-refractivity contribution >= 4 is 0 Å². The number of aliphatic hydroxyl groups is 4. The molecular weight excluding hydrogens is 212 g/mol. The highest BCUT2D eigenvalue weighted by atomic mass is 16.5. The van der Waals surface area contributed by atoms with E-state index < -0.39 is 35.9 Å². The second kappa shape index (κ2) is 4.98. The molecule has 96 valence electrons. The van der Waals surface area contributed by atoms with Crippen molar-refractivity contribution in [1.29, 1.82) is 0 Å². The Kier molecular flexibility index (Phi) is 4.31. The second-order valence-electron chi connectivity index (χ2n) is 5.42. The zero-order chi connectivity index (χ0) is 12.5. The molecule has 0 saturated heterocycles. The monoisotopic (exact) mass is 234 g/mol. The highest BCUT2D eigenvalue weighted by molar-refractivity contribution is 4.93. The first kappa shape index (κ1) is 13.9. The van der Waals surface area contributed by atoms with E-state index in [1.165, 1.54) is 0 Å². The Bertz CT molecular complexity index is 223. The summed E-state index contributed by atoms with van der Waals surface area (Å²) in [5.41, 5.74) is -0.437. The van der Waals surface area contributed by atoms with Gasteiger partial charge in [-0.1, -0.05) is 0 Å². The lowest BCUT2D eigenvalue weighted by Crippen LogP contribution is -2.56. The molecule has 4 N–H and O–H groups in total. The van der Waals surface area contributed by atoms with Crippen molar-refractivity contribution in [2.75, 3.05) is 6.61 Å². The second-order valence-corrected chi connectivity index (χ2v) is 5.42. The van der Waals surface area contributed by atoms with Gasteiger partial charge in [-0.3, -0.25) is 0 Å². The van der Waals surface area contributed by atoms with Gasteiger partial charge in [0.25, 0.3) is 0 Å². The molecule has 5 nitrogen and oxygen atoms in total. The lowest BCUT2D eigenvalue weighted by molar-refractivity contribution is -0.202. The molecule has 0 aromatic carbocycles. The minimum atomic E-state index is -1.27. The normalized spacial score (nSPS) is 41.1. The van der Waals surface area contributed by atoms with Crippen LogP contribution in [0.3, 0.4) is 0 Å². The first-order valence-corrected chi connectivity index (χ1v) is 5.59. The van der Waals surface area contributed by atoms with Gasteiger partial charge < -0.3 is 25.2 Å². The fourth-order valence-electron chi connectivity index (χ4n) is 2.03. The summed E-state index contributed by atoms with van der Waals surface area (Å²) in [4.78, 5) is 0. The zero-order valence-corrected chi connectivity index (χ0v) is 10.00. The quantitative estimate of drug-likeness (QED) is 0.505. The maximum absolute atomic E-state index is 9.77. The molecule has 16 heavy (non-hydrogen) atoms. The Morgan fingerprint density at radius 3 is 2.06 bits per heavy atom. The van der Waals surface area contributed by atoms with E-state index in [9.17, 15) is 15.3 Å². The standard InChI is InChI=1S/C11H22O5/c1-11(2,3)16-7-4-6(5-12)8(13)10(15)9(7)14/h6-10,12-15H,4-5H2,1-3H3. The fourth-order valence-corrected chi connectivity index (χ4v) is 2.03. The van der Waals surface area contributed by atoms with E-state index >= 15 is 0 Å². The smallest absolute Gasteiger partial charge is 0.109 e. The van der Waals surface area contributed by atoms with Crippen LogP contribution in [-0.4, -0.2) is 57.0 Å². The summed E-state index contributed by atoms with van der Waals surface area (Å²) < 4.78 is 5.61. The lowest BCUT2D eigenvalue weighted by Gasteiger charge is -2.42. The third kappa shape index (κ3) is 3.15. The predicted octanol–water partition coefficient (Wildman–Crippen LogP) is -0.735. The Morgan fingerprint density at radius 1 is 1.06 bits per heavy atom. The molecule has 0 aromatic rings. The largest absolute Gasteiger partial charge is 0.396 e. The maximum Gasteiger partial charge on any atom is 0.109 e. The van der Waals surface area contributed by atoms with E-state index in [0.29, 0.717) is 6.42 Å². The molecule has 0 heterocycles. The molecule has 0 bridgehead atoms. The van der Waals surface area contributed by atoms with Gasteiger partial charge in [0.15, 0.2) is 0 Å². The highest BCUT2D eigenvalue weighted by Crippen LogP contribution is 2.30. The molecule has 1 fully saturated rings. The average Bonchev–Trinajstić information content (AvgIpc) is 2.17. The summed E-state index contributed by atoms with van der Waals surface area (Å²) in [5.74, 6) is -0.453. The van der Waals surface area contributed by atoms with Gasteiger partial charge in [-0.25, -0.2) is 0 Å². The SMILES string of the molecule is CC(C)(C)OC1CC(CO)C(O)C(O)C1O. The zero-order valence-electron chi connectivity index (χ0n) is 10.00. The van der Waals surface area contributed by atoms with E-state index in [0.717, 1.165) is 0 Å². The Balaban J connectivity index is 2.71. The molecular formula is C11H22O5. The Morgan fingerprint density at radius 2 is 1.62 bits per heavy atom. The van der Waals surface area contributed by atoms with Gasteiger partial charge >= 0.3 is 0 Å². The Hall–Kier alpha value is -0.200. The molecule has 0 aromatic heterocycles. The molecule has 0 amide bonds. The molecule has 0 spiro atoms. The molecule has 1 aliphatic rings. The van der Waals surface area contributed by atoms with Gasteiger partial charge in [0.1, 0.15) is 12.2 Å². The van der Waals surface area contributed by atoms with Crippen LogP contribution in [0.25, 0.3) is 0 Å². The minimum absolute atomic E-state index is 0.227. The Labute approximate surface area is 95.7 Å². The number of ether oxygens (including phenoxy) is 1. The highest BCUT2D eigenvalue weighted by Gasteiger charge is 2.43. The van der Waals surface area contributed by atoms with E-state index in [-0.39, 0.29) is 6.61 Å². The summed E-state index contributed by atoms with van der Waals surface area (Å²) >= 11 is 0.